The number of carbonyl (C=O) groups is 1. The van der Waals surface area contributed by atoms with Crippen LogP contribution in [0.4, 0.5) is 0 Å². The van der Waals surface area contributed by atoms with E-state index in [0.29, 0.717) is 17.1 Å². The molecule has 2 rings (SSSR count). The molecule has 0 fully saturated rings. The summed E-state index contributed by atoms with van der Waals surface area (Å²) in [5.74, 6) is -0.428. The van der Waals surface area contributed by atoms with Crippen molar-refractivity contribution in [3.05, 3.63) is 35.7 Å². The predicted molar refractivity (Wildman–Crippen MR) is 59.6 cm³/mol. The Labute approximate surface area is 97.4 Å². The number of aromatic nitrogens is 3. The molecule has 17 heavy (non-hydrogen) atoms. The molecule has 0 saturated carbocycles. The first-order chi connectivity index (χ1) is 8.13. The molecule has 1 aromatic heterocycles. The van der Waals surface area contributed by atoms with Crippen LogP contribution < -0.4 is 4.74 Å². The highest BCUT2D eigenvalue weighted by Crippen LogP contribution is 2.18. The molecule has 1 heterocycles. The number of hydrogen-bond donors (Lipinski definition) is 1. The minimum absolute atomic E-state index is 0.0539. The zero-order valence-electron chi connectivity index (χ0n) is 9.41. The molecule has 0 aliphatic carbocycles. The molecule has 2 aromatic rings. The van der Waals surface area contributed by atoms with Crippen molar-refractivity contribution in [1.82, 2.24) is 15.0 Å². The van der Waals surface area contributed by atoms with Gasteiger partial charge in [-0.2, -0.15) is 0 Å². The van der Waals surface area contributed by atoms with Crippen LogP contribution in [0.15, 0.2) is 24.3 Å². The van der Waals surface area contributed by atoms with E-state index in [1.807, 2.05) is 0 Å². The first kappa shape index (κ1) is 11.1. The molecule has 6 nitrogen and oxygen atoms in total. The van der Waals surface area contributed by atoms with Crippen LogP contribution in [0.25, 0.3) is 5.69 Å². The van der Waals surface area contributed by atoms with Gasteiger partial charge in [0.05, 0.1) is 18.5 Å². The SMILES string of the molecule is COc1cccc(-n2nnc(C)c2C(=O)O)c1. The van der Waals surface area contributed by atoms with Crippen molar-refractivity contribution in [3.63, 3.8) is 0 Å². The minimum atomic E-state index is -1.06. The summed E-state index contributed by atoms with van der Waals surface area (Å²) in [7, 11) is 1.55. The third kappa shape index (κ3) is 1.96. The Morgan fingerprint density at radius 1 is 1.47 bits per heavy atom. The molecule has 0 spiro atoms. The number of carboxylic acids is 1. The standard InChI is InChI=1S/C11H11N3O3/c1-7-10(11(15)16)14(13-12-7)8-4-3-5-9(6-8)17-2/h3-6H,1-2H3,(H,15,16). The van der Waals surface area contributed by atoms with Crippen LogP contribution in [0.1, 0.15) is 16.2 Å². The van der Waals surface area contributed by atoms with Crippen LogP contribution >= 0.6 is 0 Å². The number of nitrogens with zero attached hydrogens (tertiary/aromatic N) is 3. The van der Waals surface area contributed by atoms with Gasteiger partial charge < -0.3 is 9.84 Å². The van der Waals surface area contributed by atoms with E-state index in [1.165, 1.54) is 4.68 Å². The van der Waals surface area contributed by atoms with Gasteiger partial charge in [0.15, 0.2) is 5.69 Å². The monoisotopic (exact) mass is 233 g/mol. The van der Waals surface area contributed by atoms with E-state index in [-0.39, 0.29) is 5.69 Å². The van der Waals surface area contributed by atoms with E-state index >= 15 is 0 Å². The summed E-state index contributed by atoms with van der Waals surface area (Å²) in [5.41, 5.74) is 1.03. The van der Waals surface area contributed by atoms with Crippen LogP contribution in [-0.4, -0.2) is 33.2 Å². The van der Waals surface area contributed by atoms with Gasteiger partial charge in [0.2, 0.25) is 0 Å². The van der Waals surface area contributed by atoms with Crippen molar-refractivity contribution < 1.29 is 14.6 Å². The van der Waals surface area contributed by atoms with Gasteiger partial charge in [-0.15, -0.1) is 5.10 Å². The van der Waals surface area contributed by atoms with Crippen molar-refractivity contribution in [2.45, 2.75) is 6.92 Å². The quantitative estimate of drug-likeness (QED) is 0.864. The molecule has 0 radical (unpaired) electrons. The Morgan fingerprint density at radius 3 is 2.88 bits per heavy atom. The normalized spacial score (nSPS) is 10.2. The van der Waals surface area contributed by atoms with E-state index in [0.717, 1.165) is 0 Å². The average Bonchev–Trinajstić information content (AvgIpc) is 2.71. The van der Waals surface area contributed by atoms with E-state index in [9.17, 15) is 4.79 Å². The summed E-state index contributed by atoms with van der Waals surface area (Å²) in [5, 5.41) is 16.7. The maximum Gasteiger partial charge on any atom is 0.356 e. The predicted octanol–water partition coefficient (Wildman–Crippen LogP) is 1.28. The van der Waals surface area contributed by atoms with Crippen LogP contribution in [0, 0.1) is 6.92 Å². The fraction of sp³-hybridized carbons (Fsp3) is 0.182. The topological polar surface area (TPSA) is 77.2 Å². The smallest absolute Gasteiger partial charge is 0.356 e. The zero-order valence-corrected chi connectivity index (χ0v) is 9.41. The highest BCUT2D eigenvalue weighted by molar-refractivity contribution is 5.87. The average molecular weight is 233 g/mol. The summed E-state index contributed by atoms with van der Waals surface area (Å²) in [6, 6.07) is 6.97. The fourth-order valence-electron chi connectivity index (χ4n) is 1.53. The van der Waals surface area contributed by atoms with Crippen molar-refractivity contribution in [2.75, 3.05) is 7.11 Å². The maximum atomic E-state index is 11.1. The maximum absolute atomic E-state index is 11.1. The third-order valence-corrected chi connectivity index (χ3v) is 2.34. The lowest BCUT2D eigenvalue weighted by molar-refractivity contribution is 0.0686. The lowest BCUT2D eigenvalue weighted by Crippen LogP contribution is -2.09. The number of rotatable bonds is 3. The largest absolute Gasteiger partial charge is 0.497 e. The van der Waals surface area contributed by atoms with E-state index in [1.54, 1.807) is 38.3 Å². The summed E-state index contributed by atoms with van der Waals surface area (Å²) in [6.45, 7) is 1.60. The molecule has 88 valence electrons. The van der Waals surface area contributed by atoms with Crippen molar-refractivity contribution in [3.8, 4) is 11.4 Å². The molecule has 0 amide bonds. The van der Waals surface area contributed by atoms with E-state index < -0.39 is 5.97 Å². The zero-order chi connectivity index (χ0) is 12.4. The molecule has 0 bridgehead atoms. The van der Waals surface area contributed by atoms with Crippen LogP contribution in [0.3, 0.4) is 0 Å². The van der Waals surface area contributed by atoms with Crippen LogP contribution in [0.2, 0.25) is 0 Å². The Hall–Kier alpha value is -2.37. The van der Waals surface area contributed by atoms with Gasteiger partial charge in [-0.3, -0.25) is 0 Å². The molecule has 1 N–H and O–H groups in total. The number of carboxylic acid groups (broad SMARTS) is 1. The van der Waals surface area contributed by atoms with Crippen molar-refractivity contribution in [1.29, 1.82) is 0 Å². The van der Waals surface area contributed by atoms with E-state index in [4.69, 9.17) is 9.84 Å². The first-order valence-electron chi connectivity index (χ1n) is 4.93. The second-order valence-electron chi connectivity index (χ2n) is 3.44. The summed E-state index contributed by atoms with van der Waals surface area (Å²) < 4.78 is 6.35. The Balaban J connectivity index is 2.56. The Bertz CT molecular complexity index is 563. The molecular formula is C11H11N3O3. The summed E-state index contributed by atoms with van der Waals surface area (Å²) in [4.78, 5) is 11.1. The van der Waals surface area contributed by atoms with Crippen LogP contribution in [0.5, 0.6) is 5.75 Å². The van der Waals surface area contributed by atoms with Gasteiger partial charge in [0, 0.05) is 6.07 Å². The van der Waals surface area contributed by atoms with Gasteiger partial charge >= 0.3 is 5.97 Å². The highest BCUT2D eigenvalue weighted by atomic mass is 16.5. The Kier molecular flexibility index (Phi) is 2.78. The molecule has 0 atom stereocenters. The van der Waals surface area contributed by atoms with Crippen LogP contribution in [-0.2, 0) is 0 Å². The lowest BCUT2D eigenvalue weighted by atomic mass is 10.2. The number of aromatic carboxylic acids is 1. The Morgan fingerprint density at radius 2 is 2.24 bits per heavy atom. The van der Waals surface area contributed by atoms with Crippen molar-refractivity contribution in [2.24, 2.45) is 0 Å². The van der Waals surface area contributed by atoms with Gasteiger partial charge in [-0.05, 0) is 19.1 Å². The number of benzene rings is 1. The summed E-state index contributed by atoms with van der Waals surface area (Å²) >= 11 is 0. The van der Waals surface area contributed by atoms with Gasteiger partial charge in [-0.25, -0.2) is 9.48 Å². The fourth-order valence-corrected chi connectivity index (χ4v) is 1.53. The number of ether oxygens (including phenoxy) is 1. The number of aryl methyl sites for hydroxylation is 1. The van der Waals surface area contributed by atoms with E-state index in [2.05, 4.69) is 10.3 Å². The molecule has 0 aliphatic rings. The third-order valence-electron chi connectivity index (χ3n) is 2.34. The van der Waals surface area contributed by atoms with Gasteiger partial charge in [0.25, 0.3) is 0 Å². The van der Waals surface area contributed by atoms with Crippen molar-refractivity contribution >= 4 is 5.97 Å². The molecule has 0 aliphatic heterocycles. The first-order valence-corrected chi connectivity index (χ1v) is 4.93. The lowest BCUT2D eigenvalue weighted by Gasteiger charge is -2.05. The highest BCUT2D eigenvalue weighted by Gasteiger charge is 2.17. The molecule has 6 heteroatoms. The number of methoxy groups -OCH3 is 1. The van der Waals surface area contributed by atoms with Gasteiger partial charge in [0.1, 0.15) is 5.75 Å². The molecular weight excluding hydrogens is 222 g/mol. The molecule has 0 saturated heterocycles. The second-order valence-corrected chi connectivity index (χ2v) is 3.44. The minimum Gasteiger partial charge on any atom is -0.497 e. The molecule has 0 unspecified atom stereocenters. The number of hydrogen-bond acceptors (Lipinski definition) is 4. The van der Waals surface area contributed by atoms with Gasteiger partial charge in [-0.1, -0.05) is 11.3 Å². The second kappa shape index (κ2) is 4.25. The summed E-state index contributed by atoms with van der Waals surface area (Å²) in [6.07, 6.45) is 0. The molecule has 1 aromatic carbocycles.